The van der Waals surface area contributed by atoms with Crippen molar-refractivity contribution in [2.75, 3.05) is 20.0 Å². The van der Waals surface area contributed by atoms with E-state index < -0.39 is 0 Å². The standard InChI is InChI=1S/C25H23N3O4/c1-30-22-11-8-17(12-23(22)31-2)20-14-27-25(26)28-24(20)19-10-9-18(13-21(19)29)32-15-16-6-4-3-5-7-16/h3-14,29H,15H2,1-2H3,(H2,26,27,28). The van der Waals surface area contributed by atoms with Crippen LogP contribution in [0.2, 0.25) is 0 Å². The lowest BCUT2D eigenvalue weighted by Gasteiger charge is -2.14. The zero-order valence-electron chi connectivity index (χ0n) is 17.8. The van der Waals surface area contributed by atoms with Crippen LogP contribution in [0.1, 0.15) is 5.56 Å². The van der Waals surface area contributed by atoms with Gasteiger partial charge >= 0.3 is 0 Å². The van der Waals surface area contributed by atoms with Gasteiger partial charge in [0.25, 0.3) is 0 Å². The molecule has 0 unspecified atom stereocenters. The number of phenolic OH excluding ortho intramolecular Hbond substituents is 1. The number of benzene rings is 3. The van der Waals surface area contributed by atoms with Crippen LogP contribution in [0.4, 0.5) is 5.95 Å². The molecule has 32 heavy (non-hydrogen) atoms. The molecule has 0 aliphatic heterocycles. The highest BCUT2D eigenvalue weighted by molar-refractivity contribution is 5.84. The van der Waals surface area contributed by atoms with Crippen LogP contribution in [0, 0.1) is 0 Å². The molecule has 4 rings (SSSR count). The van der Waals surface area contributed by atoms with Gasteiger partial charge in [0.15, 0.2) is 11.5 Å². The molecule has 3 N–H and O–H groups in total. The van der Waals surface area contributed by atoms with Crippen molar-refractivity contribution in [1.82, 2.24) is 9.97 Å². The summed E-state index contributed by atoms with van der Waals surface area (Å²) in [6.07, 6.45) is 1.62. The monoisotopic (exact) mass is 429 g/mol. The summed E-state index contributed by atoms with van der Waals surface area (Å²) in [5.74, 6) is 1.85. The van der Waals surface area contributed by atoms with E-state index in [2.05, 4.69) is 9.97 Å². The summed E-state index contributed by atoms with van der Waals surface area (Å²) < 4.78 is 16.5. The van der Waals surface area contributed by atoms with Crippen molar-refractivity contribution in [2.45, 2.75) is 6.61 Å². The molecule has 0 spiro atoms. The van der Waals surface area contributed by atoms with E-state index in [9.17, 15) is 5.11 Å². The van der Waals surface area contributed by atoms with Crippen molar-refractivity contribution >= 4 is 5.95 Å². The number of hydrogen-bond acceptors (Lipinski definition) is 7. The number of nitrogen functional groups attached to an aromatic ring is 1. The summed E-state index contributed by atoms with van der Waals surface area (Å²) in [5, 5.41) is 10.8. The first-order valence-electron chi connectivity index (χ1n) is 9.94. The Kier molecular flexibility index (Phi) is 6.07. The van der Waals surface area contributed by atoms with Crippen molar-refractivity contribution in [1.29, 1.82) is 0 Å². The largest absolute Gasteiger partial charge is 0.507 e. The Balaban J connectivity index is 1.68. The van der Waals surface area contributed by atoms with E-state index >= 15 is 0 Å². The Hall–Kier alpha value is -4.26. The molecule has 0 amide bonds. The maximum atomic E-state index is 10.8. The molecule has 1 aromatic heterocycles. The molecule has 0 bridgehead atoms. The molecule has 0 aliphatic rings. The van der Waals surface area contributed by atoms with Crippen LogP contribution in [0.15, 0.2) is 72.9 Å². The predicted octanol–water partition coefficient (Wildman–Crippen LogP) is 4.69. The normalized spacial score (nSPS) is 10.6. The van der Waals surface area contributed by atoms with Crippen LogP contribution in [0.3, 0.4) is 0 Å². The molecule has 0 aliphatic carbocycles. The van der Waals surface area contributed by atoms with E-state index in [4.69, 9.17) is 19.9 Å². The van der Waals surface area contributed by atoms with Gasteiger partial charge in [-0.1, -0.05) is 36.4 Å². The third-order valence-corrected chi connectivity index (χ3v) is 4.97. The molecule has 4 aromatic rings. The molecule has 0 radical (unpaired) electrons. The average molecular weight is 429 g/mol. The Morgan fingerprint density at radius 3 is 2.38 bits per heavy atom. The molecule has 162 valence electrons. The Morgan fingerprint density at radius 2 is 1.66 bits per heavy atom. The van der Waals surface area contributed by atoms with Gasteiger partial charge in [0.05, 0.1) is 19.9 Å². The smallest absolute Gasteiger partial charge is 0.220 e. The van der Waals surface area contributed by atoms with E-state index in [0.29, 0.717) is 40.7 Å². The quantitative estimate of drug-likeness (QED) is 0.439. The van der Waals surface area contributed by atoms with Gasteiger partial charge in [-0.2, -0.15) is 0 Å². The first-order chi connectivity index (χ1) is 15.6. The highest BCUT2D eigenvalue weighted by Gasteiger charge is 2.17. The van der Waals surface area contributed by atoms with E-state index in [1.165, 1.54) is 0 Å². The lowest BCUT2D eigenvalue weighted by atomic mass is 9.99. The maximum absolute atomic E-state index is 10.8. The number of nitrogens with zero attached hydrogens (tertiary/aromatic N) is 2. The summed E-state index contributed by atoms with van der Waals surface area (Å²) in [4.78, 5) is 8.53. The lowest BCUT2D eigenvalue weighted by molar-refractivity contribution is 0.304. The van der Waals surface area contributed by atoms with Crippen LogP contribution in [-0.2, 0) is 6.61 Å². The van der Waals surface area contributed by atoms with Gasteiger partial charge in [0.2, 0.25) is 5.95 Å². The van der Waals surface area contributed by atoms with Gasteiger partial charge in [-0.25, -0.2) is 9.97 Å². The summed E-state index contributed by atoms with van der Waals surface area (Å²) in [6, 6.07) is 20.4. The molecule has 1 heterocycles. The number of nitrogens with two attached hydrogens (primary N) is 1. The highest BCUT2D eigenvalue weighted by Crippen LogP contribution is 2.39. The third kappa shape index (κ3) is 4.41. The molecule has 0 fully saturated rings. The Bertz CT molecular complexity index is 1230. The minimum Gasteiger partial charge on any atom is -0.507 e. The lowest BCUT2D eigenvalue weighted by Crippen LogP contribution is -2.00. The molecule has 7 nitrogen and oxygen atoms in total. The molecule has 3 aromatic carbocycles. The zero-order valence-corrected chi connectivity index (χ0v) is 17.8. The van der Waals surface area contributed by atoms with Crippen LogP contribution in [0.5, 0.6) is 23.0 Å². The summed E-state index contributed by atoms with van der Waals surface area (Å²) in [6.45, 7) is 0.400. The fraction of sp³-hybridized carbons (Fsp3) is 0.120. The first-order valence-corrected chi connectivity index (χ1v) is 9.94. The van der Waals surface area contributed by atoms with E-state index in [1.54, 1.807) is 44.7 Å². The number of ether oxygens (including phenoxy) is 3. The van der Waals surface area contributed by atoms with Crippen LogP contribution < -0.4 is 19.9 Å². The summed E-state index contributed by atoms with van der Waals surface area (Å²) >= 11 is 0. The summed E-state index contributed by atoms with van der Waals surface area (Å²) in [5.41, 5.74) is 9.39. The highest BCUT2D eigenvalue weighted by atomic mass is 16.5. The molecule has 7 heteroatoms. The number of hydrogen-bond donors (Lipinski definition) is 2. The minimum atomic E-state index is 0.0235. The number of anilines is 1. The van der Waals surface area contributed by atoms with Crippen LogP contribution >= 0.6 is 0 Å². The molecular weight excluding hydrogens is 406 g/mol. The van der Waals surface area contributed by atoms with E-state index in [1.807, 2.05) is 42.5 Å². The van der Waals surface area contributed by atoms with E-state index in [-0.39, 0.29) is 11.7 Å². The number of aromatic nitrogens is 2. The van der Waals surface area contributed by atoms with Gasteiger partial charge in [-0.15, -0.1) is 0 Å². The number of rotatable bonds is 7. The maximum Gasteiger partial charge on any atom is 0.220 e. The topological polar surface area (TPSA) is 99.7 Å². The Morgan fingerprint density at radius 1 is 0.875 bits per heavy atom. The molecule has 0 saturated heterocycles. The number of methoxy groups -OCH3 is 2. The predicted molar refractivity (Wildman–Crippen MR) is 123 cm³/mol. The fourth-order valence-corrected chi connectivity index (χ4v) is 3.36. The third-order valence-electron chi connectivity index (χ3n) is 4.97. The van der Waals surface area contributed by atoms with Crippen molar-refractivity contribution in [2.24, 2.45) is 0 Å². The van der Waals surface area contributed by atoms with Gasteiger partial charge in [-0.3, -0.25) is 0 Å². The van der Waals surface area contributed by atoms with Gasteiger partial charge < -0.3 is 25.1 Å². The van der Waals surface area contributed by atoms with Crippen molar-refractivity contribution in [3.8, 4) is 45.4 Å². The average Bonchev–Trinajstić information content (AvgIpc) is 2.83. The van der Waals surface area contributed by atoms with Gasteiger partial charge in [-0.05, 0) is 35.4 Å². The second-order valence-corrected chi connectivity index (χ2v) is 7.01. The van der Waals surface area contributed by atoms with Crippen molar-refractivity contribution in [3.63, 3.8) is 0 Å². The van der Waals surface area contributed by atoms with Crippen LogP contribution in [0.25, 0.3) is 22.4 Å². The van der Waals surface area contributed by atoms with Crippen molar-refractivity contribution < 1.29 is 19.3 Å². The summed E-state index contributed by atoms with van der Waals surface area (Å²) in [7, 11) is 3.15. The Labute approximate surface area is 186 Å². The second kappa shape index (κ2) is 9.26. The fourth-order valence-electron chi connectivity index (χ4n) is 3.36. The van der Waals surface area contributed by atoms with Gasteiger partial charge in [0.1, 0.15) is 18.1 Å². The molecule has 0 atom stereocenters. The number of phenols is 1. The van der Waals surface area contributed by atoms with Crippen molar-refractivity contribution in [3.05, 3.63) is 78.5 Å². The SMILES string of the molecule is COc1ccc(-c2cnc(N)nc2-c2ccc(OCc3ccccc3)cc2O)cc1OC. The molecular formula is C25H23N3O4. The first kappa shape index (κ1) is 21.0. The van der Waals surface area contributed by atoms with E-state index in [0.717, 1.165) is 11.1 Å². The zero-order chi connectivity index (χ0) is 22.5. The second-order valence-electron chi connectivity index (χ2n) is 7.01. The minimum absolute atomic E-state index is 0.0235. The number of aromatic hydroxyl groups is 1. The van der Waals surface area contributed by atoms with Gasteiger partial charge in [0, 0.05) is 23.4 Å². The molecule has 0 saturated carbocycles. The van der Waals surface area contributed by atoms with Crippen LogP contribution in [-0.4, -0.2) is 29.3 Å².